The molecule has 0 radical (unpaired) electrons. The molecule has 24 heavy (non-hydrogen) atoms. The first kappa shape index (κ1) is 16.1. The van der Waals surface area contributed by atoms with E-state index in [2.05, 4.69) is 10.1 Å². The molecule has 3 aromatic rings. The number of rotatable bonds is 5. The fourth-order valence-electron chi connectivity index (χ4n) is 2.71. The zero-order chi connectivity index (χ0) is 17.4. The Morgan fingerprint density at radius 2 is 1.92 bits per heavy atom. The molecular formula is C16H19N5O3. The average Bonchev–Trinajstić information content (AvgIpc) is 3.05. The van der Waals surface area contributed by atoms with Crippen LogP contribution in [-0.2, 0) is 13.1 Å². The molecule has 1 N–H and O–H groups in total. The van der Waals surface area contributed by atoms with Gasteiger partial charge in [-0.05, 0) is 49.0 Å². The lowest BCUT2D eigenvalue weighted by molar-refractivity contribution is -0.389. The second kappa shape index (κ2) is 6.04. The molecular weight excluding hydrogens is 310 g/mol. The van der Waals surface area contributed by atoms with E-state index in [-0.39, 0.29) is 12.4 Å². The highest BCUT2D eigenvalue weighted by atomic mass is 16.6. The predicted molar refractivity (Wildman–Crippen MR) is 88.8 cm³/mol. The van der Waals surface area contributed by atoms with E-state index in [4.69, 9.17) is 0 Å². The highest BCUT2D eigenvalue weighted by Crippen LogP contribution is 2.19. The lowest BCUT2D eigenvalue weighted by atomic mass is 10.1. The molecule has 0 fully saturated rings. The Bertz CT molecular complexity index is 912. The molecule has 2 aromatic heterocycles. The Kier molecular flexibility index (Phi) is 4.06. The number of hydrogen-bond donors (Lipinski definition) is 1. The van der Waals surface area contributed by atoms with Gasteiger partial charge in [0.05, 0.1) is 53.4 Å². The normalized spacial score (nSPS) is 12.7. The molecule has 0 bridgehead atoms. The first-order valence-electron chi connectivity index (χ1n) is 7.64. The Labute approximate surface area is 138 Å². The van der Waals surface area contributed by atoms with Gasteiger partial charge in [-0.2, -0.15) is 4.68 Å². The summed E-state index contributed by atoms with van der Waals surface area (Å²) in [5.41, 5.74) is 4.82. The van der Waals surface area contributed by atoms with Crippen molar-refractivity contribution in [2.24, 2.45) is 0 Å². The first-order valence-corrected chi connectivity index (χ1v) is 7.64. The van der Waals surface area contributed by atoms with E-state index < -0.39 is 11.0 Å². The van der Waals surface area contributed by atoms with E-state index >= 15 is 0 Å². The summed E-state index contributed by atoms with van der Waals surface area (Å²) in [7, 11) is 0. The highest BCUT2D eigenvalue weighted by molar-refractivity contribution is 5.77. The molecule has 8 nitrogen and oxygen atoms in total. The smallest absolute Gasteiger partial charge is 0.389 e. The summed E-state index contributed by atoms with van der Waals surface area (Å²) in [4.78, 5) is 14.6. The van der Waals surface area contributed by atoms with Crippen LogP contribution in [0, 0.1) is 30.9 Å². The van der Waals surface area contributed by atoms with Gasteiger partial charge in [0.25, 0.3) is 0 Å². The third kappa shape index (κ3) is 3.00. The molecule has 1 atom stereocenters. The SMILES string of the molecule is Cc1cc2ncn(C[C@@H](O)Cn3nc([N+](=O)[O-])cc3C)c2cc1C. The van der Waals surface area contributed by atoms with Crippen LogP contribution in [0.5, 0.6) is 0 Å². The number of fused-ring (bicyclic) bond motifs is 1. The molecule has 0 saturated heterocycles. The number of benzene rings is 1. The number of aromatic nitrogens is 4. The van der Waals surface area contributed by atoms with Crippen LogP contribution in [0.1, 0.15) is 16.8 Å². The van der Waals surface area contributed by atoms with Crippen molar-refractivity contribution in [3.8, 4) is 0 Å². The van der Waals surface area contributed by atoms with E-state index in [1.165, 1.54) is 16.3 Å². The first-order chi connectivity index (χ1) is 11.3. The largest absolute Gasteiger partial charge is 0.390 e. The molecule has 126 valence electrons. The van der Waals surface area contributed by atoms with Gasteiger partial charge in [-0.3, -0.25) is 0 Å². The summed E-state index contributed by atoms with van der Waals surface area (Å²) in [6.07, 6.45) is 0.966. The monoisotopic (exact) mass is 329 g/mol. The molecule has 0 aliphatic rings. The molecule has 0 amide bonds. The lowest BCUT2D eigenvalue weighted by Crippen LogP contribution is -2.23. The molecule has 0 saturated carbocycles. The van der Waals surface area contributed by atoms with E-state index in [9.17, 15) is 15.2 Å². The van der Waals surface area contributed by atoms with Gasteiger partial charge in [0.15, 0.2) is 0 Å². The van der Waals surface area contributed by atoms with Crippen molar-refractivity contribution >= 4 is 16.9 Å². The highest BCUT2D eigenvalue weighted by Gasteiger charge is 2.18. The summed E-state index contributed by atoms with van der Waals surface area (Å²) < 4.78 is 3.34. The van der Waals surface area contributed by atoms with Gasteiger partial charge < -0.3 is 19.8 Å². The standard InChI is InChI=1S/C16H19N5O3/c1-10-4-14-15(5-11(10)2)19(9-17-14)7-13(22)8-20-12(3)6-16(18-20)21(23)24/h4-6,9,13,22H,7-8H2,1-3H3/t13-/m1/s1. The summed E-state index contributed by atoms with van der Waals surface area (Å²) >= 11 is 0. The molecule has 0 unspecified atom stereocenters. The van der Waals surface area contributed by atoms with Crippen molar-refractivity contribution in [3.63, 3.8) is 0 Å². The molecule has 2 heterocycles. The number of nitro groups is 1. The van der Waals surface area contributed by atoms with Gasteiger partial charge in [0.2, 0.25) is 0 Å². The van der Waals surface area contributed by atoms with Crippen molar-refractivity contribution in [2.45, 2.75) is 40.0 Å². The number of imidazole rings is 1. The van der Waals surface area contributed by atoms with Crippen LogP contribution in [0.15, 0.2) is 24.5 Å². The maximum absolute atomic E-state index is 10.8. The number of hydrogen-bond acceptors (Lipinski definition) is 5. The van der Waals surface area contributed by atoms with Gasteiger partial charge in [0.1, 0.15) is 0 Å². The molecule has 0 spiro atoms. The van der Waals surface area contributed by atoms with Crippen molar-refractivity contribution in [3.05, 3.63) is 51.5 Å². The summed E-state index contributed by atoms with van der Waals surface area (Å²) in [5, 5.41) is 25.0. The fourth-order valence-corrected chi connectivity index (χ4v) is 2.71. The lowest BCUT2D eigenvalue weighted by Gasteiger charge is -2.12. The van der Waals surface area contributed by atoms with E-state index in [0.717, 1.165) is 16.6 Å². The third-order valence-electron chi connectivity index (χ3n) is 4.18. The number of nitrogens with zero attached hydrogens (tertiary/aromatic N) is 5. The molecule has 8 heteroatoms. The van der Waals surface area contributed by atoms with Crippen molar-refractivity contribution in [1.29, 1.82) is 0 Å². The Hall–Kier alpha value is -2.74. The molecule has 3 rings (SSSR count). The van der Waals surface area contributed by atoms with Crippen LogP contribution < -0.4 is 0 Å². The van der Waals surface area contributed by atoms with Gasteiger partial charge in [0, 0.05) is 0 Å². The summed E-state index contributed by atoms with van der Waals surface area (Å²) in [6, 6.07) is 5.47. The second-order valence-corrected chi connectivity index (χ2v) is 6.06. The number of aliphatic hydroxyl groups is 1. The minimum absolute atomic E-state index is 0.185. The van der Waals surface area contributed by atoms with Gasteiger partial charge in [-0.15, -0.1) is 0 Å². The minimum Gasteiger partial charge on any atom is -0.389 e. The summed E-state index contributed by atoms with van der Waals surface area (Å²) in [5.74, 6) is -0.209. The minimum atomic E-state index is -0.734. The van der Waals surface area contributed by atoms with Gasteiger partial charge in [-0.1, -0.05) is 0 Å². The Morgan fingerprint density at radius 3 is 2.58 bits per heavy atom. The second-order valence-electron chi connectivity index (χ2n) is 6.06. The zero-order valence-corrected chi connectivity index (χ0v) is 13.8. The van der Waals surface area contributed by atoms with Crippen LogP contribution in [0.25, 0.3) is 11.0 Å². The quantitative estimate of drug-likeness (QED) is 0.571. The molecule has 1 aromatic carbocycles. The van der Waals surface area contributed by atoms with E-state index in [0.29, 0.717) is 12.2 Å². The van der Waals surface area contributed by atoms with Gasteiger partial charge in [-0.25, -0.2) is 4.98 Å². The number of aryl methyl sites for hydroxylation is 3. The van der Waals surface area contributed by atoms with Crippen LogP contribution in [0.4, 0.5) is 5.82 Å². The van der Waals surface area contributed by atoms with Crippen LogP contribution in [-0.4, -0.2) is 35.5 Å². The van der Waals surface area contributed by atoms with Crippen molar-refractivity contribution < 1.29 is 10.0 Å². The summed E-state index contributed by atoms with van der Waals surface area (Å²) in [6.45, 7) is 6.33. The zero-order valence-electron chi connectivity index (χ0n) is 13.8. The van der Waals surface area contributed by atoms with Crippen LogP contribution in [0.2, 0.25) is 0 Å². The predicted octanol–water partition coefficient (Wildman–Crippen LogP) is 2.13. The Balaban J connectivity index is 1.79. The third-order valence-corrected chi connectivity index (χ3v) is 4.18. The average molecular weight is 329 g/mol. The van der Waals surface area contributed by atoms with E-state index in [1.807, 2.05) is 30.5 Å². The maximum Gasteiger partial charge on any atom is 0.390 e. The van der Waals surface area contributed by atoms with E-state index in [1.54, 1.807) is 13.3 Å². The Morgan fingerprint density at radius 1 is 1.21 bits per heavy atom. The number of aliphatic hydroxyl groups excluding tert-OH is 1. The topological polar surface area (TPSA) is 99.0 Å². The van der Waals surface area contributed by atoms with Crippen molar-refractivity contribution in [1.82, 2.24) is 19.3 Å². The van der Waals surface area contributed by atoms with Crippen molar-refractivity contribution in [2.75, 3.05) is 0 Å². The van der Waals surface area contributed by atoms with Crippen LogP contribution in [0.3, 0.4) is 0 Å². The maximum atomic E-state index is 10.8. The van der Waals surface area contributed by atoms with Gasteiger partial charge >= 0.3 is 5.82 Å². The van der Waals surface area contributed by atoms with Crippen LogP contribution >= 0.6 is 0 Å². The molecule has 0 aliphatic carbocycles. The fraction of sp³-hybridized carbons (Fsp3) is 0.375. The molecule has 0 aliphatic heterocycles.